The first-order valence-electron chi connectivity index (χ1n) is 7.77. The summed E-state index contributed by atoms with van der Waals surface area (Å²) < 4.78 is 5.25. The molecule has 1 aliphatic rings. The van der Waals surface area contributed by atoms with Gasteiger partial charge >= 0.3 is 0 Å². The van der Waals surface area contributed by atoms with Gasteiger partial charge in [-0.25, -0.2) is 4.98 Å². The highest BCUT2D eigenvalue weighted by molar-refractivity contribution is 6.30. The van der Waals surface area contributed by atoms with Crippen LogP contribution in [0.1, 0.15) is 16.1 Å². The van der Waals surface area contributed by atoms with E-state index in [0.29, 0.717) is 23.8 Å². The van der Waals surface area contributed by atoms with Crippen molar-refractivity contribution in [3.8, 4) is 5.75 Å². The lowest BCUT2D eigenvalue weighted by Gasteiger charge is -2.34. The van der Waals surface area contributed by atoms with Crippen LogP contribution < -0.4 is 4.74 Å². The van der Waals surface area contributed by atoms with Crippen molar-refractivity contribution in [1.82, 2.24) is 19.8 Å². The largest absolute Gasteiger partial charge is 0.497 e. The number of aromatic nitrogens is 2. The Morgan fingerprint density at radius 1 is 1.21 bits per heavy atom. The molecular weight excluding hydrogens is 328 g/mol. The third-order valence-corrected chi connectivity index (χ3v) is 4.23. The van der Waals surface area contributed by atoms with Crippen molar-refractivity contribution < 1.29 is 9.53 Å². The van der Waals surface area contributed by atoms with Crippen LogP contribution in [-0.2, 0) is 6.54 Å². The number of methoxy groups -OCH3 is 1. The molecule has 1 aliphatic heterocycles. The SMILES string of the molecule is COc1cc(Cl)cc(CN2CCN(C(=O)c3cnccn3)CC2)c1. The number of carbonyl (C=O) groups excluding carboxylic acids is 1. The molecule has 0 atom stereocenters. The number of benzene rings is 1. The fraction of sp³-hybridized carbons (Fsp3) is 0.353. The Morgan fingerprint density at radius 3 is 2.67 bits per heavy atom. The summed E-state index contributed by atoms with van der Waals surface area (Å²) >= 11 is 6.11. The van der Waals surface area contributed by atoms with E-state index in [4.69, 9.17) is 16.3 Å². The summed E-state index contributed by atoms with van der Waals surface area (Å²) in [6.45, 7) is 3.74. The van der Waals surface area contributed by atoms with E-state index in [2.05, 4.69) is 14.9 Å². The van der Waals surface area contributed by atoms with Gasteiger partial charge in [-0.3, -0.25) is 14.7 Å². The zero-order valence-electron chi connectivity index (χ0n) is 13.5. The van der Waals surface area contributed by atoms with Crippen LogP contribution in [0.5, 0.6) is 5.75 Å². The van der Waals surface area contributed by atoms with Crippen LogP contribution in [0.4, 0.5) is 0 Å². The molecule has 0 aliphatic carbocycles. The maximum Gasteiger partial charge on any atom is 0.274 e. The molecule has 1 aromatic heterocycles. The fourth-order valence-electron chi connectivity index (χ4n) is 2.77. The monoisotopic (exact) mass is 346 g/mol. The molecule has 126 valence electrons. The molecule has 0 radical (unpaired) electrons. The van der Waals surface area contributed by atoms with Gasteiger partial charge in [-0.15, -0.1) is 0 Å². The van der Waals surface area contributed by atoms with Gasteiger partial charge in [0.05, 0.1) is 13.3 Å². The highest BCUT2D eigenvalue weighted by atomic mass is 35.5. The van der Waals surface area contributed by atoms with Crippen LogP contribution >= 0.6 is 11.6 Å². The topological polar surface area (TPSA) is 58.6 Å². The number of amides is 1. The number of halogens is 1. The minimum atomic E-state index is -0.0628. The Hall–Kier alpha value is -2.18. The summed E-state index contributed by atoms with van der Waals surface area (Å²) in [6, 6.07) is 5.73. The summed E-state index contributed by atoms with van der Waals surface area (Å²) in [5, 5.41) is 0.667. The first-order valence-corrected chi connectivity index (χ1v) is 8.14. The van der Waals surface area contributed by atoms with Crippen molar-refractivity contribution in [3.63, 3.8) is 0 Å². The normalized spacial score (nSPS) is 15.3. The van der Waals surface area contributed by atoms with Gasteiger partial charge in [0.25, 0.3) is 5.91 Å². The smallest absolute Gasteiger partial charge is 0.274 e. The highest BCUT2D eigenvalue weighted by Crippen LogP contribution is 2.22. The lowest BCUT2D eigenvalue weighted by atomic mass is 10.2. The molecule has 3 rings (SSSR count). The molecular formula is C17H19ClN4O2. The van der Waals surface area contributed by atoms with E-state index in [9.17, 15) is 4.79 Å². The van der Waals surface area contributed by atoms with Crippen molar-refractivity contribution >= 4 is 17.5 Å². The molecule has 6 nitrogen and oxygen atoms in total. The van der Waals surface area contributed by atoms with Gasteiger partial charge in [0.1, 0.15) is 11.4 Å². The molecule has 2 aromatic rings. The quantitative estimate of drug-likeness (QED) is 0.848. The zero-order valence-corrected chi connectivity index (χ0v) is 14.2. The summed E-state index contributed by atoms with van der Waals surface area (Å²) in [4.78, 5) is 24.5. The standard InChI is InChI=1S/C17H19ClN4O2/c1-24-15-9-13(8-14(18)10-15)12-21-4-6-22(7-5-21)17(23)16-11-19-2-3-20-16/h2-3,8-11H,4-7,12H2,1H3. The molecule has 0 unspecified atom stereocenters. The second kappa shape index (κ2) is 7.59. The Balaban J connectivity index is 1.57. The number of nitrogens with zero attached hydrogens (tertiary/aromatic N) is 4. The Kier molecular flexibility index (Phi) is 5.27. The predicted octanol–water partition coefficient (Wildman–Crippen LogP) is 2.10. The minimum absolute atomic E-state index is 0.0628. The fourth-order valence-corrected chi connectivity index (χ4v) is 3.02. The molecule has 0 bridgehead atoms. The number of hydrogen-bond donors (Lipinski definition) is 0. The molecule has 2 heterocycles. The summed E-state index contributed by atoms with van der Waals surface area (Å²) in [5.41, 5.74) is 1.50. The zero-order chi connectivity index (χ0) is 16.9. The van der Waals surface area contributed by atoms with E-state index >= 15 is 0 Å². The van der Waals surface area contributed by atoms with Crippen molar-refractivity contribution in [3.05, 3.63) is 53.1 Å². The average Bonchev–Trinajstić information content (AvgIpc) is 2.62. The Morgan fingerprint density at radius 2 is 2.00 bits per heavy atom. The molecule has 1 amide bonds. The van der Waals surface area contributed by atoms with Crippen molar-refractivity contribution in [2.45, 2.75) is 6.54 Å². The number of rotatable bonds is 4. The summed E-state index contributed by atoms with van der Waals surface area (Å²) in [5.74, 6) is 0.696. The molecule has 0 N–H and O–H groups in total. The molecule has 1 fully saturated rings. The van der Waals surface area contributed by atoms with Crippen molar-refractivity contribution in [2.75, 3.05) is 33.3 Å². The number of ether oxygens (including phenoxy) is 1. The van der Waals surface area contributed by atoms with E-state index < -0.39 is 0 Å². The van der Waals surface area contributed by atoms with E-state index in [0.717, 1.165) is 30.9 Å². The van der Waals surface area contributed by atoms with Gasteiger partial charge in [0.2, 0.25) is 0 Å². The van der Waals surface area contributed by atoms with Crippen LogP contribution in [0.3, 0.4) is 0 Å². The van der Waals surface area contributed by atoms with E-state index in [-0.39, 0.29) is 5.91 Å². The number of piperazine rings is 1. The van der Waals surface area contributed by atoms with E-state index in [1.807, 2.05) is 17.0 Å². The molecule has 0 saturated carbocycles. The molecule has 0 spiro atoms. The maximum absolute atomic E-state index is 12.4. The number of carbonyl (C=O) groups is 1. The third kappa shape index (κ3) is 4.01. The number of hydrogen-bond acceptors (Lipinski definition) is 5. The van der Waals surface area contributed by atoms with Crippen LogP contribution in [0.15, 0.2) is 36.8 Å². The minimum Gasteiger partial charge on any atom is -0.497 e. The third-order valence-electron chi connectivity index (χ3n) is 4.01. The first-order chi connectivity index (χ1) is 11.7. The first kappa shape index (κ1) is 16.7. The predicted molar refractivity (Wildman–Crippen MR) is 91.2 cm³/mol. The molecule has 1 saturated heterocycles. The molecule has 7 heteroatoms. The Labute approximate surface area is 146 Å². The molecule has 1 aromatic carbocycles. The van der Waals surface area contributed by atoms with Crippen LogP contribution in [0.25, 0.3) is 0 Å². The molecule has 24 heavy (non-hydrogen) atoms. The van der Waals surface area contributed by atoms with Crippen LogP contribution in [0.2, 0.25) is 5.02 Å². The van der Waals surface area contributed by atoms with E-state index in [1.54, 1.807) is 19.4 Å². The van der Waals surface area contributed by atoms with Crippen molar-refractivity contribution in [2.24, 2.45) is 0 Å². The van der Waals surface area contributed by atoms with Crippen LogP contribution in [-0.4, -0.2) is 59.0 Å². The van der Waals surface area contributed by atoms with Gasteiger partial charge in [-0.05, 0) is 23.8 Å². The second-order valence-electron chi connectivity index (χ2n) is 5.66. The average molecular weight is 347 g/mol. The second-order valence-corrected chi connectivity index (χ2v) is 6.09. The van der Waals surface area contributed by atoms with Gasteiger partial charge < -0.3 is 9.64 Å². The highest BCUT2D eigenvalue weighted by Gasteiger charge is 2.23. The Bertz CT molecular complexity index is 703. The van der Waals surface area contributed by atoms with E-state index in [1.165, 1.54) is 12.4 Å². The summed E-state index contributed by atoms with van der Waals surface area (Å²) in [6.07, 6.45) is 4.61. The van der Waals surface area contributed by atoms with Gasteiger partial charge in [0, 0.05) is 50.1 Å². The van der Waals surface area contributed by atoms with Gasteiger partial charge in [-0.2, -0.15) is 0 Å². The van der Waals surface area contributed by atoms with Gasteiger partial charge in [0.15, 0.2) is 0 Å². The lowest BCUT2D eigenvalue weighted by molar-refractivity contribution is 0.0622. The van der Waals surface area contributed by atoms with Crippen molar-refractivity contribution in [1.29, 1.82) is 0 Å². The maximum atomic E-state index is 12.4. The van der Waals surface area contributed by atoms with Gasteiger partial charge in [-0.1, -0.05) is 11.6 Å². The van der Waals surface area contributed by atoms with Crippen LogP contribution in [0, 0.1) is 0 Å². The summed E-state index contributed by atoms with van der Waals surface area (Å²) in [7, 11) is 1.63. The lowest BCUT2D eigenvalue weighted by Crippen LogP contribution is -2.48.